The lowest BCUT2D eigenvalue weighted by Crippen LogP contribution is -2.45. The minimum absolute atomic E-state index is 0.0902. The van der Waals surface area contributed by atoms with Crippen molar-refractivity contribution in [3.63, 3.8) is 0 Å². The Bertz CT molecular complexity index is 456. The van der Waals surface area contributed by atoms with E-state index >= 15 is 0 Å². The summed E-state index contributed by atoms with van der Waals surface area (Å²) >= 11 is 0. The van der Waals surface area contributed by atoms with Crippen molar-refractivity contribution >= 4 is 12.1 Å². The molecule has 0 heterocycles. The SMILES string of the molecule is C#CCOC(=O)NC(C(=O)OCCCCCCCCCCCCCCC)C(C)C. The molecule has 0 aliphatic heterocycles. The minimum Gasteiger partial charge on any atom is -0.464 e. The van der Waals surface area contributed by atoms with Crippen LogP contribution in [0.25, 0.3) is 0 Å². The molecular formula is C24H43NO4. The molecule has 0 rings (SSSR count). The summed E-state index contributed by atoms with van der Waals surface area (Å²) in [5, 5.41) is 2.52. The summed E-state index contributed by atoms with van der Waals surface area (Å²) in [5.41, 5.74) is 0. The number of carbonyl (C=O) groups is 2. The molecule has 5 nitrogen and oxygen atoms in total. The van der Waals surface area contributed by atoms with E-state index in [0.29, 0.717) is 6.61 Å². The van der Waals surface area contributed by atoms with Gasteiger partial charge in [0.15, 0.2) is 6.61 Å². The van der Waals surface area contributed by atoms with Crippen molar-refractivity contribution in [1.29, 1.82) is 0 Å². The molecule has 29 heavy (non-hydrogen) atoms. The standard InChI is InChI=1S/C24H43NO4/c1-5-7-8-9-10-11-12-13-14-15-16-17-18-20-28-23(26)22(21(3)4)25-24(27)29-19-6-2/h2,21-22H,5,7-20H2,1,3-4H3,(H,25,27). The fourth-order valence-electron chi connectivity index (χ4n) is 3.16. The highest BCUT2D eigenvalue weighted by Crippen LogP contribution is 2.12. The van der Waals surface area contributed by atoms with Gasteiger partial charge >= 0.3 is 12.1 Å². The van der Waals surface area contributed by atoms with Gasteiger partial charge in [-0.25, -0.2) is 9.59 Å². The van der Waals surface area contributed by atoms with E-state index in [1.54, 1.807) is 0 Å². The van der Waals surface area contributed by atoms with Crippen LogP contribution in [0.15, 0.2) is 0 Å². The third kappa shape index (κ3) is 16.9. The Kier molecular flexibility index (Phi) is 18.5. The number of carbonyl (C=O) groups excluding carboxylic acids is 2. The zero-order chi connectivity index (χ0) is 21.7. The van der Waals surface area contributed by atoms with Crippen LogP contribution in [0.1, 0.15) is 104 Å². The highest BCUT2D eigenvalue weighted by Gasteiger charge is 2.26. The molecule has 168 valence electrons. The van der Waals surface area contributed by atoms with Crippen LogP contribution >= 0.6 is 0 Å². The average molecular weight is 410 g/mol. The molecular weight excluding hydrogens is 366 g/mol. The van der Waals surface area contributed by atoms with Gasteiger partial charge in [-0.05, 0) is 12.3 Å². The van der Waals surface area contributed by atoms with Crippen molar-refractivity contribution in [2.75, 3.05) is 13.2 Å². The number of nitrogens with one attached hydrogen (secondary N) is 1. The summed E-state index contributed by atoms with van der Waals surface area (Å²) in [6.45, 7) is 6.22. The van der Waals surface area contributed by atoms with E-state index < -0.39 is 18.1 Å². The molecule has 5 heteroatoms. The molecule has 1 N–H and O–H groups in total. The van der Waals surface area contributed by atoms with Crippen molar-refractivity contribution in [2.24, 2.45) is 5.92 Å². The van der Waals surface area contributed by atoms with Crippen molar-refractivity contribution in [2.45, 2.75) is 110 Å². The van der Waals surface area contributed by atoms with Gasteiger partial charge < -0.3 is 14.8 Å². The lowest BCUT2D eigenvalue weighted by molar-refractivity contribution is -0.147. The zero-order valence-corrected chi connectivity index (χ0v) is 19.0. The molecule has 0 radical (unpaired) electrons. The molecule has 0 saturated heterocycles. The first-order chi connectivity index (χ1) is 14.0. The van der Waals surface area contributed by atoms with Gasteiger partial charge in [0.25, 0.3) is 0 Å². The van der Waals surface area contributed by atoms with E-state index in [0.717, 1.165) is 12.8 Å². The Balaban J connectivity index is 3.64. The van der Waals surface area contributed by atoms with Gasteiger partial charge in [-0.2, -0.15) is 0 Å². The van der Waals surface area contributed by atoms with Gasteiger partial charge in [-0.15, -0.1) is 6.42 Å². The van der Waals surface area contributed by atoms with Crippen molar-refractivity contribution in [3.8, 4) is 12.3 Å². The topological polar surface area (TPSA) is 64.6 Å². The van der Waals surface area contributed by atoms with E-state index in [9.17, 15) is 9.59 Å². The number of rotatable bonds is 18. The number of unbranched alkanes of at least 4 members (excludes halogenated alkanes) is 12. The second-order valence-corrected chi connectivity index (χ2v) is 8.06. The predicted octanol–water partition coefficient (Wildman–Crippen LogP) is 6.00. The Morgan fingerprint density at radius 3 is 1.76 bits per heavy atom. The smallest absolute Gasteiger partial charge is 0.408 e. The molecule has 0 aromatic carbocycles. The molecule has 0 aliphatic rings. The molecule has 0 aliphatic carbocycles. The summed E-state index contributed by atoms with van der Waals surface area (Å²) in [5.74, 6) is 1.70. The largest absolute Gasteiger partial charge is 0.464 e. The van der Waals surface area contributed by atoms with Crippen LogP contribution in [-0.4, -0.2) is 31.3 Å². The molecule has 0 spiro atoms. The molecule has 1 amide bonds. The van der Waals surface area contributed by atoms with Crippen molar-refractivity contribution in [3.05, 3.63) is 0 Å². The van der Waals surface area contributed by atoms with Gasteiger partial charge in [0.1, 0.15) is 6.04 Å². The number of hydrogen-bond acceptors (Lipinski definition) is 4. The third-order valence-corrected chi connectivity index (χ3v) is 4.97. The minimum atomic E-state index is -0.720. The maximum Gasteiger partial charge on any atom is 0.408 e. The van der Waals surface area contributed by atoms with Crippen LogP contribution in [0.2, 0.25) is 0 Å². The molecule has 0 aromatic rings. The fourth-order valence-corrected chi connectivity index (χ4v) is 3.16. The average Bonchev–Trinajstić information content (AvgIpc) is 2.70. The summed E-state index contributed by atoms with van der Waals surface area (Å²) in [6.07, 6.45) is 20.9. The Morgan fingerprint density at radius 1 is 0.828 bits per heavy atom. The van der Waals surface area contributed by atoms with E-state index in [-0.39, 0.29) is 12.5 Å². The van der Waals surface area contributed by atoms with Crippen LogP contribution < -0.4 is 5.32 Å². The van der Waals surface area contributed by atoms with Gasteiger partial charge in [-0.3, -0.25) is 0 Å². The van der Waals surface area contributed by atoms with E-state index in [1.165, 1.54) is 70.6 Å². The predicted molar refractivity (Wildman–Crippen MR) is 119 cm³/mol. The maximum absolute atomic E-state index is 12.2. The molecule has 1 unspecified atom stereocenters. The van der Waals surface area contributed by atoms with Crippen LogP contribution in [0.4, 0.5) is 4.79 Å². The van der Waals surface area contributed by atoms with Crippen LogP contribution in [0.3, 0.4) is 0 Å². The summed E-state index contributed by atoms with van der Waals surface area (Å²) in [7, 11) is 0. The second-order valence-electron chi connectivity index (χ2n) is 8.06. The summed E-state index contributed by atoms with van der Waals surface area (Å²) < 4.78 is 10.1. The lowest BCUT2D eigenvalue weighted by atomic mass is 10.0. The van der Waals surface area contributed by atoms with Crippen molar-refractivity contribution < 1.29 is 19.1 Å². The normalized spacial score (nSPS) is 11.7. The van der Waals surface area contributed by atoms with Gasteiger partial charge in [0.2, 0.25) is 0 Å². The first-order valence-corrected chi connectivity index (χ1v) is 11.6. The second kappa shape index (κ2) is 19.6. The first kappa shape index (κ1) is 27.3. The summed E-state index contributed by atoms with van der Waals surface area (Å²) in [4.78, 5) is 23.8. The maximum atomic E-state index is 12.2. The molecule has 0 saturated carbocycles. The van der Waals surface area contributed by atoms with Gasteiger partial charge in [-0.1, -0.05) is 104 Å². The molecule has 0 aromatic heterocycles. The van der Waals surface area contributed by atoms with Crippen LogP contribution in [0.5, 0.6) is 0 Å². The van der Waals surface area contributed by atoms with E-state index in [1.807, 2.05) is 13.8 Å². The Labute approximate surface area is 178 Å². The number of esters is 1. The Morgan fingerprint density at radius 2 is 1.31 bits per heavy atom. The van der Waals surface area contributed by atoms with Crippen LogP contribution in [-0.2, 0) is 14.3 Å². The number of hydrogen-bond donors (Lipinski definition) is 1. The molecule has 0 bridgehead atoms. The highest BCUT2D eigenvalue weighted by molar-refractivity contribution is 5.81. The fraction of sp³-hybridized carbons (Fsp3) is 0.833. The number of alkyl carbamates (subject to hydrolysis) is 1. The highest BCUT2D eigenvalue weighted by atomic mass is 16.6. The molecule has 0 fully saturated rings. The van der Waals surface area contributed by atoms with E-state index in [4.69, 9.17) is 15.9 Å². The Hall–Kier alpha value is -1.70. The van der Waals surface area contributed by atoms with Crippen LogP contribution in [0, 0.1) is 18.3 Å². The molecule has 1 atom stereocenters. The first-order valence-electron chi connectivity index (χ1n) is 11.6. The van der Waals surface area contributed by atoms with Gasteiger partial charge in [0, 0.05) is 0 Å². The monoisotopic (exact) mass is 409 g/mol. The van der Waals surface area contributed by atoms with Gasteiger partial charge in [0.05, 0.1) is 6.61 Å². The number of ether oxygens (including phenoxy) is 2. The quantitative estimate of drug-likeness (QED) is 0.171. The number of amides is 1. The third-order valence-electron chi connectivity index (χ3n) is 4.97. The van der Waals surface area contributed by atoms with Crippen molar-refractivity contribution in [1.82, 2.24) is 5.32 Å². The summed E-state index contributed by atoms with van der Waals surface area (Å²) in [6, 6.07) is -0.720. The van der Waals surface area contributed by atoms with E-state index in [2.05, 4.69) is 18.2 Å². The zero-order valence-electron chi connectivity index (χ0n) is 19.0. The lowest BCUT2D eigenvalue weighted by Gasteiger charge is -2.20. The number of terminal acetylenes is 1.